The lowest BCUT2D eigenvalue weighted by Crippen LogP contribution is -2.09. The third-order valence-corrected chi connectivity index (χ3v) is 4.28. The molecule has 3 aromatic rings. The third kappa shape index (κ3) is 2.75. The number of ether oxygens (including phenoxy) is 2. The predicted octanol–water partition coefficient (Wildman–Crippen LogP) is 3.54. The second-order valence-electron chi connectivity index (χ2n) is 6.26. The van der Waals surface area contributed by atoms with Crippen LogP contribution in [0.25, 0.3) is 16.8 Å². The number of nitrogens with zero attached hydrogens (tertiary/aromatic N) is 3. The van der Waals surface area contributed by atoms with Gasteiger partial charge in [-0.3, -0.25) is 0 Å². The first kappa shape index (κ1) is 17.7. The van der Waals surface area contributed by atoms with Gasteiger partial charge in [-0.1, -0.05) is 19.9 Å². The zero-order valence-corrected chi connectivity index (χ0v) is 15.4. The van der Waals surface area contributed by atoms with Crippen molar-refractivity contribution in [2.75, 3.05) is 14.2 Å². The summed E-state index contributed by atoms with van der Waals surface area (Å²) in [6, 6.07) is 7.05. The average molecular weight is 355 g/mol. The third-order valence-electron chi connectivity index (χ3n) is 4.28. The van der Waals surface area contributed by atoms with Crippen LogP contribution < -0.4 is 9.47 Å². The van der Waals surface area contributed by atoms with E-state index >= 15 is 0 Å². The van der Waals surface area contributed by atoms with Crippen molar-refractivity contribution in [1.29, 1.82) is 0 Å². The molecule has 7 heteroatoms. The van der Waals surface area contributed by atoms with E-state index in [-0.39, 0.29) is 11.6 Å². The molecule has 1 N–H and O–H groups in total. The highest BCUT2D eigenvalue weighted by molar-refractivity contribution is 5.91. The zero-order chi connectivity index (χ0) is 19.0. The Bertz CT molecular complexity index is 970. The van der Waals surface area contributed by atoms with E-state index in [4.69, 9.17) is 9.47 Å². The maximum absolute atomic E-state index is 11.6. The van der Waals surface area contributed by atoms with Crippen molar-refractivity contribution >= 4 is 11.6 Å². The number of benzene rings is 1. The second kappa shape index (κ2) is 6.67. The summed E-state index contributed by atoms with van der Waals surface area (Å²) in [6.45, 7) is 5.84. The van der Waals surface area contributed by atoms with Crippen molar-refractivity contribution in [1.82, 2.24) is 14.6 Å². The molecule has 0 unspecified atom stereocenters. The number of hydrogen-bond donors (Lipinski definition) is 1. The number of carbonyl (C=O) groups is 1. The normalized spacial score (nSPS) is 11.2. The fourth-order valence-corrected chi connectivity index (χ4v) is 3.06. The molecule has 26 heavy (non-hydrogen) atoms. The molecule has 2 aromatic heterocycles. The molecule has 2 heterocycles. The first-order valence-corrected chi connectivity index (χ1v) is 8.24. The number of aromatic nitrogens is 3. The molecule has 0 aliphatic rings. The average Bonchev–Trinajstić information content (AvgIpc) is 2.95. The van der Waals surface area contributed by atoms with E-state index in [9.17, 15) is 9.90 Å². The van der Waals surface area contributed by atoms with Crippen molar-refractivity contribution in [3.8, 4) is 22.6 Å². The Morgan fingerprint density at radius 3 is 2.27 bits per heavy atom. The molecule has 0 saturated heterocycles. The topological polar surface area (TPSA) is 86.0 Å². The van der Waals surface area contributed by atoms with Gasteiger partial charge in [-0.15, -0.1) is 0 Å². The quantitative estimate of drug-likeness (QED) is 0.753. The van der Waals surface area contributed by atoms with Crippen LogP contribution in [0.5, 0.6) is 11.5 Å². The largest absolute Gasteiger partial charge is 0.496 e. The zero-order valence-electron chi connectivity index (χ0n) is 15.4. The van der Waals surface area contributed by atoms with Crippen molar-refractivity contribution in [2.45, 2.75) is 26.7 Å². The molecule has 0 bridgehead atoms. The molecule has 0 saturated carbocycles. The van der Waals surface area contributed by atoms with E-state index < -0.39 is 5.97 Å². The van der Waals surface area contributed by atoms with Crippen LogP contribution in [-0.4, -0.2) is 39.9 Å². The number of carboxylic acids is 1. The lowest BCUT2D eigenvalue weighted by Gasteiger charge is -2.13. The lowest BCUT2D eigenvalue weighted by atomic mass is 10.0. The van der Waals surface area contributed by atoms with Gasteiger partial charge in [0, 0.05) is 5.69 Å². The molecule has 0 fully saturated rings. The second-order valence-corrected chi connectivity index (χ2v) is 6.26. The minimum atomic E-state index is -1.08. The molecular weight excluding hydrogens is 334 g/mol. The Hall–Kier alpha value is -3.09. The van der Waals surface area contributed by atoms with Crippen LogP contribution in [0.2, 0.25) is 0 Å². The number of carboxylic acid groups (broad SMARTS) is 1. The predicted molar refractivity (Wildman–Crippen MR) is 97.3 cm³/mol. The van der Waals surface area contributed by atoms with Crippen LogP contribution in [-0.2, 0) is 0 Å². The maximum Gasteiger partial charge on any atom is 0.354 e. The molecule has 3 rings (SSSR count). The fraction of sp³-hybridized carbons (Fsp3) is 0.316. The van der Waals surface area contributed by atoms with Crippen LogP contribution in [0.1, 0.15) is 41.6 Å². The number of hydrogen-bond acceptors (Lipinski definition) is 5. The number of aryl methyl sites for hydroxylation is 1. The molecule has 0 spiro atoms. The molecule has 0 radical (unpaired) electrons. The molecule has 7 nitrogen and oxygen atoms in total. The highest BCUT2D eigenvalue weighted by Crippen LogP contribution is 2.42. The fourth-order valence-electron chi connectivity index (χ4n) is 3.06. The van der Waals surface area contributed by atoms with Crippen LogP contribution in [0.3, 0.4) is 0 Å². The standard InChI is InChI=1S/C19H21N3O4/c1-10(2)13-9-12(19(23)24)20-18-16(11(3)21-22(13)18)17-14(25-4)7-6-8-15(17)26-5/h6-10H,1-5H3,(H,23,24). The summed E-state index contributed by atoms with van der Waals surface area (Å²) in [4.78, 5) is 15.9. The van der Waals surface area contributed by atoms with Gasteiger partial charge < -0.3 is 14.6 Å². The number of aromatic carboxylic acids is 1. The molecule has 136 valence electrons. The molecule has 0 aliphatic carbocycles. The van der Waals surface area contributed by atoms with Crippen LogP contribution in [0.4, 0.5) is 0 Å². The molecule has 0 aliphatic heterocycles. The van der Waals surface area contributed by atoms with E-state index in [1.165, 1.54) is 0 Å². The summed E-state index contributed by atoms with van der Waals surface area (Å²) in [6.07, 6.45) is 0. The summed E-state index contributed by atoms with van der Waals surface area (Å²) in [7, 11) is 3.16. The van der Waals surface area contributed by atoms with Crippen molar-refractivity contribution in [2.24, 2.45) is 0 Å². The minimum Gasteiger partial charge on any atom is -0.496 e. The number of rotatable bonds is 5. The van der Waals surface area contributed by atoms with E-state index in [1.807, 2.05) is 39.0 Å². The Kier molecular flexibility index (Phi) is 4.54. The summed E-state index contributed by atoms with van der Waals surface area (Å²) in [5.41, 5.74) is 3.34. The Labute approximate surface area is 151 Å². The minimum absolute atomic E-state index is 0.0174. The Morgan fingerprint density at radius 1 is 1.15 bits per heavy atom. The van der Waals surface area contributed by atoms with Gasteiger partial charge in [0.2, 0.25) is 0 Å². The molecule has 0 atom stereocenters. The van der Waals surface area contributed by atoms with E-state index in [1.54, 1.807) is 24.8 Å². The van der Waals surface area contributed by atoms with E-state index in [0.29, 0.717) is 34.0 Å². The van der Waals surface area contributed by atoms with Gasteiger partial charge in [-0.2, -0.15) is 5.10 Å². The van der Waals surface area contributed by atoms with Crippen molar-refractivity contribution in [3.63, 3.8) is 0 Å². The molecule has 0 amide bonds. The first-order valence-electron chi connectivity index (χ1n) is 8.24. The maximum atomic E-state index is 11.6. The monoisotopic (exact) mass is 355 g/mol. The van der Waals surface area contributed by atoms with Crippen molar-refractivity contribution in [3.05, 3.63) is 41.3 Å². The number of methoxy groups -OCH3 is 2. The summed E-state index contributed by atoms with van der Waals surface area (Å²) in [5, 5.41) is 14.1. The summed E-state index contributed by atoms with van der Waals surface area (Å²) < 4.78 is 12.7. The van der Waals surface area contributed by atoms with Crippen molar-refractivity contribution < 1.29 is 19.4 Å². The van der Waals surface area contributed by atoms with Gasteiger partial charge in [0.1, 0.15) is 11.5 Å². The lowest BCUT2D eigenvalue weighted by molar-refractivity contribution is 0.0690. The summed E-state index contributed by atoms with van der Waals surface area (Å²) >= 11 is 0. The Balaban J connectivity index is 2.46. The van der Waals surface area contributed by atoms with Gasteiger partial charge in [0.25, 0.3) is 0 Å². The van der Waals surface area contributed by atoms with Gasteiger partial charge in [0.15, 0.2) is 11.3 Å². The van der Waals surface area contributed by atoms with E-state index in [2.05, 4.69) is 10.1 Å². The highest BCUT2D eigenvalue weighted by atomic mass is 16.5. The Morgan fingerprint density at radius 2 is 1.77 bits per heavy atom. The van der Waals surface area contributed by atoms with Gasteiger partial charge in [0.05, 0.1) is 31.0 Å². The molecular formula is C19H21N3O4. The molecule has 1 aromatic carbocycles. The van der Waals surface area contributed by atoms with Gasteiger partial charge >= 0.3 is 5.97 Å². The van der Waals surface area contributed by atoms with Crippen LogP contribution in [0, 0.1) is 6.92 Å². The first-order chi connectivity index (χ1) is 12.4. The van der Waals surface area contributed by atoms with Gasteiger partial charge in [-0.25, -0.2) is 14.3 Å². The number of fused-ring (bicyclic) bond motifs is 1. The van der Waals surface area contributed by atoms with E-state index in [0.717, 1.165) is 5.69 Å². The van der Waals surface area contributed by atoms with Crippen LogP contribution in [0.15, 0.2) is 24.3 Å². The highest BCUT2D eigenvalue weighted by Gasteiger charge is 2.24. The van der Waals surface area contributed by atoms with Gasteiger partial charge in [-0.05, 0) is 31.0 Å². The van der Waals surface area contributed by atoms with Crippen LogP contribution >= 0.6 is 0 Å². The summed E-state index contributed by atoms with van der Waals surface area (Å²) in [5.74, 6) is 0.212. The smallest absolute Gasteiger partial charge is 0.354 e. The SMILES string of the molecule is COc1cccc(OC)c1-c1c(C)nn2c(C(C)C)cc(C(=O)O)nc12.